The molecule has 0 fully saturated rings. The van der Waals surface area contributed by atoms with E-state index in [1.807, 2.05) is 22.8 Å². The lowest BCUT2D eigenvalue weighted by Gasteiger charge is -2.18. The van der Waals surface area contributed by atoms with Gasteiger partial charge in [-0.3, -0.25) is 0 Å². The summed E-state index contributed by atoms with van der Waals surface area (Å²) in [6.07, 6.45) is 4.67. The minimum absolute atomic E-state index is 0.734. The predicted octanol–water partition coefficient (Wildman–Crippen LogP) is 3.92. The molecule has 1 atom stereocenters. The molecule has 0 amide bonds. The van der Waals surface area contributed by atoms with Crippen molar-refractivity contribution in [3.05, 3.63) is 16.3 Å². The largest absolute Gasteiger partial charge is 0.354 e. The van der Waals surface area contributed by atoms with Crippen molar-refractivity contribution < 1.29 is 0 Å². The summed E-state index contributed by atoms with van der Waals surface area (Å²) in [6.45, 7) is 12.9. The Labute approximate surface area is 165 Å². The number of rotatable bonds is 7. The first-order chi connectivity index (χ1) is 13.1. The van der Waals surface area contributed by atoms with Gasteiger partial charge in [0.25, 0.3) is 0 Å². The van der Waals surface area contributed by atoms with Crippen LogP contribution in [-0.4, -0.2) is 50.7 Å². The van der Waals surface area contributed by atoms with Gasteiger partial charge in [0.1, 0.15) is 10.7 Å². The molecule has 0 aliphatic heterocycles. The molecule has 0 radical (unpaired) electrons. The van der Waals surface area contributed by atoms with Crippen molar-refractivity contribution in [2.45, 2.75) is 53.4 Å². The molecular weight excluding hydrogens is 356 g/mol. The van der Waals surface area contributed by atoms with Crippen LogP contribution in [0.1, 0.15) is 49.9 Å². The lowest BCUT2D eigenvalue weighted by atomic mass is 9.89. The summed E-state index contributed by atoms with van der Waals surface area (Å²) in [5.74, 6) is 2.36. The number of thiophene rings is 1. The lowest BCUT2D eigenvalue weighted by Crippen LogP contribution is -2.25. The van der Waals surface area contributed by atoms with E-state index in [4.69, 9.17) is 9.97 Å². The summed E-state index contributed by atoms with van der Waals surface area (Å²) in [5.41, 5.74) is 2.43. The van der Waals surface area contributed by atoms with Gasteiger partial charge in [0, 0.05) is 11.4 Å². The summed E-state index contributed by atoms with van der Waals surface area (Å²) in [4.78, 5) is 14.8. The van der Waals surface area contributed by atoms with E-state index in [0.717, 1.165) is 67.2 Å². The number of aromatic nitrogens is 4. The molecule has 0 spiro atoms. The number of hydrogen-bond acceptors (Lipinski definition) is 6. The molecule has 3 heterocycles. The minimum atomic E-state index is 0.734. The number of aryl methyl sites for hydroxylation is 2. The molecule has 0 saturated heterocycles. The van der Waals surface area contributed by atoms with Crippen LogP contribution in [0, 0.1) is 12.8 Å². The quantitative estimate of drug-likeness (QED) is 0.624. The van der Waals surface area contributed by atoms with Crippen LogP contribution in [0.25, 0.3) is 15.9 Å². The van der Waals surface area contributed by atoms with Gasteiger partial charge in [-0.1, -0.05) is 20.8 Å². The van der Waals surface area contributed by atoms with Crippen molar-refractivity contribution >= 4 is 33.1 Å². The van der Waals surface area contributed by atoms with Crippen molar-refractivity contribution in [3.8, 4) is 0 Å². The number of hydrogen-bond donors (Lipinski definition) is 1. The fourth-order valence-electron chi connectivity index (χ4n) is 4.08. The van der Waals surface area contributed by atoms with E-state index >= 15 is 0 Å². The first kappa shape index (κ1) is 18.6. The minimum Gasteiger partial charge on any atom is -0.354 e. The zero-order chi connectivity index (χ0) is 19.0. The second-order valence-electron chi connectivity index (χ2n) is 7.67. The number of nitrogens with one attached hydrogen (secondary N) is 1. The smallest absolute Gasteiger partial charge is 0.227 e. The van der Waals surface area contributed by atoms with Gasteiger partial charge < -0.3 is 10.2 Å². The van der Waals surface area contributed by atoms with Crippen molar-refractivity contribution in [1.82, 2.24) is 24.5 Å². The van der Waals surface area contributed by atoms with Gasteiger partial charge >= 0.3 is 0 Å². The van der Waals surface area contributed by atoms with Gasteiger partial charge in [-0.2, -0.15) is 4.52 Å². The van der Waals surface area contributed by atoms with Gasteiger partial charge in [-0.15, -0.1) is 16.4 Å². The van der Waals surface area contributed by atoms with E-state index in [-0.39, 0.29) is 0 Å². The maximum Gasteiger partial charge on any atom is 0.227 e. The van der Waals surface area contributed by atoms with E-state index in [2.05, 4.69) is 36.1 Å². The van der Waals surface area contributed by atoms with E-state index < -0.39 is 0 Å². The Balaban J connectivity index is 1.65. The maximum atomic E-state index is 4.96. The van der Waals surface area contributed by atoms with E-state index in [1.54, 1.807) is 0 Å². The zero-order valence-electron chi connectivity index (χ0n) is 16.9. The molecule has 1 N–H and O–H groups in total. The summed E-state index contributed by atoms with van der Waals surface area (Å²) < 4.78 is 1.92. The monoisotopic (exact) mass is 386 g/mol. The standard InChI is InChI=1S/C20H30N6S/c1-5-25(6-2)11-7-10-21-20-23-19-17(18-22-14(4)24-26(18)20)15-12-13(3)8-9-16(15)27-19/h13H,5-12H2,1-4H3,(H,21,23). The van der Waals surface area contributed by atoms with Crippen molar-refractivity contribution in [1.29, 1.82) is 0 Å². The highest BCUT2D eigenvalue weighted by Crippen LogP contribution is 2.39. The third-order valence-corrected chi connectivity index (χ3v) is 6.85. The second kappa shape index (κ2) is 7.72. The van der Waals surface area contributed by atoms with Crippen LogP contribution in [0.3, 0.4) is 0 Å². The lowest BCUT2D eigenvalue weighted by molar-refractivity contribution is 0.303. The highest BCUT2D eigenvalue weighted by Gasteiger charge is 2.24. The van der Waals surface area contributed by atoms with Gasteiger partial charge in [-0.25, -0.2) is 9.97 Å². The third-order valence-electron chi connectivity index (χ3n) is 5.66. The topological polar surface area (TPSA) is 58.3 Å². The Morgan fingerprint density at radius 2 is 2.07 bits per heavy atom. The van der Waals surface area contributed by atoms with Crippen LogP contribution < -0.4 is 5.32 Å². The highest BCUT2D eigenvalue weighted by molar-refractivity contribution is 7.19. The molecule has 6 nitrogen and oxygen atoms in total. The first-order valence-electron chi connectivity index (χ1n) is 10.2. The van der Waals surface area contributed by atoms with Crippen LogP contribution in [-0.2, 0) is 12.8 Å². The first-order valence-corrected chi connectivity index (χ1v) is 11.1. The van der Waals surface area contributed by atoms with E-state index in [1.165, 1.54) is 28.7 Å². The molecule has 0 saturated carbocycles. The Morgan fingerprint density at radius 3 is 2.85 bits per heavy atom. The van der Waals surface area contributed by atoms with Crippen LogP contribution in [0.15, 0.2) is 0 Å². The fraction of sp³-hybridized carbons (Fsp3) is 0.650. The van der Waals surface area contributed by atoms with Gasteiger partial charge in [0.05, 0.1) is 5.39 Å². The van der Waals surface area contributed by atoms with Gasteiger partial charge in [-0.05, 0) is 63.7 Å². The number of anilines is 1. The Bertz CT molecular complexity index is 939. The van der Waals surface area contributed by atoms with E-state index in [9.17, 15) is 0 Å². The second-order valence-corrected chi connectivity index (χ2v) is 8.75. The Kier molecular flexibility index (Phi) is 5.32. The number of nitrogens with zero attached hydrogens (tertiary/aromatic N) is 5. The van der Waals surface area contributed by atoms with Gasteiger partial charge in [0.15, 0.2) is 5.65 Å². The van der Waals surface area contributed by atoms with Crippen LogP contribution in [0.5, 0.6) is 0 Å². The van der Waals surface area contributed by atoms with Gasteiger partial charge in [0.2, 0.25) is 5.95 Å². The molecule has 1 aliphatic carbocycles. The molecule has 3 aromatic rings. The van der Waals surface area contributed by atoms with Crippen molar-refractivity contribution in [3.63, 3.8) is 0 Å². The molecule has 7 heteroatoms. The van der Waals surface area contributed by atoms with Crippen molar-refractivity contribution in [2.75, 3.05) is 31.5 Å². The molecule has 3 aromatic heterocycles. The maximum absolute atomic E-state index is 4.96. The zero-order valence-corrected chi connectivity index (χ0v) is 17.7. The van der Waals surface area contributed by atoms with Crippen LogP contribution in [0.2, 0.25) is 0 Å². The molecule has 146 valence electrons. The summed E-state index contributed by atoms with van der Waals surface area (Å²) in [7, 11) is 0. The number of fused-ring (bicyclic) bond motifs is 5. The highest BCUT2D eigenvalue weighted by atomic mass is 32.1. The van der Waals surface area contributed by atoms with Crippen LogP contribution in [0.4, 0.5) is 5.95 Å². The molecule has 4 rings (SSSR count). The fourth-order valence-corrected chi connectivity index (χ4v) is 5.29. The molecular formula is C20H30N6S. The van der Waals surface area contributed by atoms with Crippen LogP contribution >= 0.6 is 11.3 Å². The van der Waals surface area contributed by atoms with E-state index in [0.29, 0.717) is 0 Å². The average Bonchev–Trinajstić information content (AvgIpc) is 3.21. The Hall–Kier alpha value is -1.73. The summed E-state index contributed by atoms with van der Waals surface area (Å²) in [5, 5.41) is 9.38. The SMILES string of the molecule is CCN(CC)CCCNc1nc2sc3c(c2c2nc(C)nn12)CC(C)CC3. The molecule has 1 unspecified atom stereocenters. The third kappa shape index (κ3) is 3.55. The predicted molar refractivity (Wildman–Crippen MR) is 113 cm³/mol. The Morgan fingerprint density at radius 1 is 1.26 bits per heavy atom. The summed E-state index contributed by atoms with van der Waals surface area (Å²) in [6, 6.07) is 0. The molecule has 0 bridgehead atoms. The average molecular weight is 387 g/mol. The summed E-state index contributed by atoms with van der Waals surface area (Å²) >= 11 is 1.85. The molecule has 0 aromatic carbocycles. The van der Waals surface area contributed by atoms with Crippen molar-refractivity contribution in [2.24, 2.45) is 5.92 Å². The molecule has 1 aliphatic rings. The normalized spacial score (nSPS) is 17.1. The molecule has 27 heavy (non-hydrogen) atoms.